The van der Waals surface area contributed by atoms with E-state index in [0.717, 1.165) is 0 Å². The molecule has 0 fully saturated rings. The van der Waals surface area contributed by atoms with E-state index >= 15 is 0 Å². The molecule has 0 bridgehead atoms. The maximum atomic E-state index is 10.4. The van der Waals surface area contributed by atoms with Crippen molar-refractivity contribution in [1.82, 2.24) is 15.0 Å². The number of phenolic OH excluding ortho intramolecular Hbond substituents is 4. The Balaban J connectivity index is 1.59. The Morgan fingerprint density at radius 2 is 0.971 bits per heavy atom. The van der Waals surface area contributed by atoms with E-state index in [1.54, 1.807) is 24.3 Å². The number of phenols is 4. The summed E-state index contributed by atoms with van der Waals surface area (Å²) >= 11 is 0. The molecule has 0 radical (unpaired) electrons. The number of hydrogen-bond acceptors (Lipinski definition) is 8. The van der Waals surface area contributed by atoms with Crippen molar-refractivity contribution in [3.05, 3.63) is 91.0 Å². The van der Waals surface area contributed by atoms with Crippen LogP contribution < -0.4 is 4.74 Å². The molecule has 0 spiro atoms. The molecule has 1 heterocycles. The predicted octanol–water partition coefficient (Wildman–Crippen LogP) is 5.49. The summed E-state index contributed by atoms with van der Waals surface area (Å²) in [5.74, 6) is 1.26. The van der Waals surface area contributed by atoms with E-state index in [9.17, 15) is 20.4 Å². The monoisotopic (exact) mass is 465 g/mol. The van der Waals surface area contributed by atoms with Crippen molar-refractivity contribution in [3.8, 4) is 68.7 Å². The molecular weight excluding hydrogens is 446 g/mol. The second kappa shape index (κ2) is 9.03. The normalized spacial score (nSPS) is 10.7. The Morgan fingerprint density at radius 1 is 0.486 bits per heavy atom. The van der Waals surface area contributed by atoms with E-state index in [1.165, 1.54) is 36.4 Å². The van der Waals surface area contributed by atoms with Crippen LogP contribution in [0.15, 0.2) is 91.0 Å². The van der Waals surface area contributed by atoms with Crippen molar-refractivity contribution in [2.75, 3.05) is 0 Å². The topological polar surface area (TPSA) is 129 Å². The van der Waals surface area contributed by atoms with Gasteiger partial charge in [0.15, 0.2) is 17.5 Å². The molecule has 1 aromatic heterocycles. The van der Waals surface area contributed by atoms with Crippen LogP contribution in [0, 0.1) is 0 Å². The lowest BCUT2D eigenvalue weighted by Gasteiger charge is -2.11. The molecule has 0 aliphatic heterocycles. The molecule has 0 atom stereocenters. The molecule has 5 rings (SSSR count). The number of nitrogens with zero attached hydrogens (tertiary/aromatic N) is 3. The molecule has 8 nitrogen and oxygen atoms in total. The largest absolute Gasteiger partial charge is 0.508 e. The molecule has 5 aromatic rings. The van der Waals surface area contributed by atoms with Crippen molar-refractivity contribution in [2.45, 2.75) is 0 Å². The van der Waals surface area contributed by atoms with E-state index < -0.39 is 0 Å². The smallest absolute Gasteiger partial charge is 0.167 e. The van der Waals surface area contributed by atoms with Gasteiger partial charge in [-0.1, -0.05) is 18.2 Å². The second-order valence-corrected chi connectivity index (χ2v) is 7.65. The molecule has 0 aliphatic carbocycles. The molecule has 0 saturated carbocycles. The molecular formula is C27H19N3O5. The van der Waals surface area contributed by atoms with Crippen molar-refractivity contribution < 1.29 is 25.2 Å². The number of rotatable bonds is 5. The average molecular weight is 465 g/mol. The third kappa shape index (κ3) is 4.67. The summed E-state index contributed by atoms with van der Waals surface area (Å²) < 4.78 is 5.84. The van der Waals surface area contributed by atoms with Gasteiger partial charge in [0.1, 0.15) is 34.5 Å². The lowest BCUT2D eigenvalue weighted by Crippen LogP contribution is -2.00. The van der Waals surface area contributed by atoms with Crippen LogP contribution in [0.2, 0.25) is 0 Å². The summed E-state index contributed by atoms with van der Waals surface area (Å²) in [6.45, 7) is 0. The molecule has 0 amide bonds. The van der Waals surface area contributed by atoms with Crippen molar-refractivity contribution in [3.63, 3.8) is 0 Å². The van der Waals surface area contributed by atoms with E-state index in [0.29, 0.717) is 17.1 Å². The van der Waals surface area contributed by atoms with Crippen LogP contribution in [0.1, 0.15) is 0 Å². The van der Waals surface area contributed by atoms with Gasteiger partial charge in [0, 0.05) is 17.7 Å². The maximum absolute atomic E-state index is 10.4. The molecule has 0 aliphatic rings. The highest BCUT2D eigenvalue weighted by Crippen LogP contribution is 2.35. The van der Waals surface area contributed by atoms with Crippen LogP contribution >= 0.6 is 0 Å². The molecule has 8 heteroatoms. The number of ether oxygens (including phenoxy) is 1. The fraction of sp³-hybridized carbons (Fsp3) is 0. The Morgan fingerprint density at radius 3 is 1.49 bits per heavy atom. The molecule has 0 saturated heterocycles. The third-order valence-corrected chi connectivity index (χ3v) is 5.17. The van der Waals surface area contributed by atoms with Gasteiger partial charge in [-0.15, -0.1) is 0 Å². The molecule has 35 heavy (non-hydrogen) atoms. The SMILES string of the molecule is Oc1ccc(-c2nc(-c3ccc(Oc4ccccc4)cc3)nc(-c3ccc(O)cc3O)n2)c(O)c1. The van der Waals surface area contributed by atoms with Crippen molar-refractivity contribution in [2.24, 2.45) is 0 Å². The first-order chi connectivity index (χ1) is 17.0. The van der Waals surface area contributed by atoms with Gasteiger partial charge in [-0.3, -0.25) is 0 Å². The predicted molar refractivity (Wildman–Crippen MR) is 129 cm³/mol. The number of hydrogen-bond donors (Lipinski definition) is 4. The van der Waals surface area contributed by atoms with Gasteiger partial charge >= 0.3 is 0 Å². The summed E-state index contributed by atoms with van der Waals surface area (Å²) in [5.41, 5.74) is 1.19. The van der Waals surface area contributed by atoms with E-state index in [1.807, 2.05) is 30.3 Å². The standard InChI is InChI=1S/C27H19N3O5/c31-17-8-12-21(23(33)14-17)26-28-25(29-27(30-26)22-13-9-18(32)15-24(22)34)16-6-10-20(11-7-16)35-19-4-2-1-3-5-19/h1-15,31-34H. The number of benzene rings is 4. The quantitative estimate of drug-likeness (QED) is 0.268. The summed E-state index contributed by atoms with van der Waals surface area (Å²) in [6, 6.07) is 24.7. The minimum atomic E-state index is -0.213. The first-order valence-electron chi connectivity index (χ1n) is 10.6. The van der Waals surface area contributed by atoms with Crippen LogP contribution in [0.3, 0.4) is 0 Å². The van der Waals surface area contributed by atoms with Gasteiger partial charge in [0.25, 0.3) is 0 Å². The van der Waals surface area contributed by atoms with Crippen LogP contribution in [0.5, 0.6) is 34.5 Å². The van der Waals surface area contributed by atoms with Gasteiger partial charge in [-0.05, 0) is 60.7 Å². The Labute approximate surface area is 200 Å². The summed E-state index contributed by atoms with van der Waals surface area (Å²) in [7, 11) is 0. The Bertz CT molecular complexity index is 1440. The summed E-state index contributed by atoms with van der Waals surface area (Å²) in [4.78, 5) is 13.5. The van der Waals surface area contributed by atoms with Gasteiger partial charge in [0.2, 0.25) is 0 Å². The van der Waals surface area contributed by atoms with Crippen LogP contribution in [0.25, 0.3) is 34.2 Å². The zero-order valence-corrected chi connectivity index (χ0v) is 18.2. The van der Waals surface area contributed by atoms with Gasteiger partial charge in [0.05, 0.1) is 11.1 Å². The fourth-order valence-electron chi connectivity index (χ4n) is 3.46. The number of aromatic nitrogens is 3. The Hall–Kier alpha value is -5.11. The highest BCUT2D eigenvalue weighted by molar-refractivity contribution is 5.72. The molecule has 172 valence electrons. The molecule has 0 unspecified atom stereocenters. The highest BCUT2D eigenvalue weighted by Gasteiger charge is 2.17. The Kier molecular flexibility index (Phi) is 5.60. The minimum Gasteiger partial charge on any atom is -0.508 e. The van der Waals surface area contributed by atoms with Crippen molar-refractivity contribution in [1.29, 1.82) is 0 Å². The summed E-state index contributed by atoms with van der Waals surface area (Å²) in [6.07, 6.45) is 0. The molecule has 4 N–H and O–H groups in total. The zero-order valence-electron chi connectivity index (χ0n) is 18.2. The molecule has 4 aromatic carbocycles. The lowest BCUT2D eigenvalue weighted by atomic mass is 10.1. The first kappa shape index (κ1) is 21.7. The van der Waals surface area contributed by atoms with E-state index in [-0.39, 0.29) is 51.6 Å². The van der Waals surface area contributed by atoms with Gasteiger partial charge in [-0.2, -0.15) is 0 Å². The van der Waals surface area contributed by atoms with Gasteiger partial charge in [-0.25, -0.2) is 15.0 Å². The van der Waals surface area contributed by atoms with E-state index in [4.69, 9.17) is 4.74 Å². The lowest BCUT2D eigenvalue weighted by molar-refractivity contribution is 0.451. The number of para-hydroxylation sites is 1. The highest BCUT2D eigenvalue weighted by atomic mass is 16.5. The van der Waals surface area contributed by atoms with Crippen LogP contribution in [-0.4, -0.2) is 35.4 Å². The maximum Gasteiger partial charge on any atom is 0.167 e. The summed E-state index contributed by atoms with van der Waals surface area (Å²) in [5, 5.41) is 40.1. The first-order valence-corrected chi connectivity index (χ1v) is 10.6. The van der Waals surface area contributed by atoms with Crippen molar-refractivity contribution >= 4 is 0 Å². The fourth-order valence-corrected chi connectivity index (χ4v) is 3.46. The van der Waals surface area contributed by atoms with E-state index in [2.05, 4.69) is 15.0 Å². The zero-order chi connectivity index (χ0) is 24.4. The number of aromatic hydroxyl groups is 4. The van der Waals surface area contributed by atoms with Crippen LogP contribution in [-0.2, 0) is 0 Å². The minimum absolute atomic E-state index is 0.106. The average Bonchev–Trinajstić information content (AvgIpc) is 2.85. The van der Waals surface area contributed by atoms with Gasteiger partial charge < -0.3 is 25.2 Å². The second-order valence-electron chi connectivity index (χ2n) is 7.65. The van der Waals surface area contributed by atoms with Crippen LogP contribution in [0.4, 0.5) is 0 Å². The third-order valence-electron chi connectivity index (χ3n) is 5.17.